The molecule has 2 aliphatic carbocycles. The molecule has 2 aromatic heterocycles. The molecule has 2 fully saturated rings. The van der Waals surface area contributed by atoms with E-state index in [2.05, 4.69) is 78.9 Å². The van der Waals surface area contributed by atoms with E-state index >= 15 is 0 Å². The Morgan fingerprint density at radius 3 is 2.40 bits per heavy atom. The maximum absolute atomic E-state index is 13.7. The van der Waals surface area contributed by atoms with Crippen molar-refractivity contribution < 1.29 is 9.32 Å². The van der Waals surface area contributed by atoms with E-state index in [1.54, 1.807) is 0 Å². The topological polar surface area (TPSA) is 92.9 Å². The number of amides is 1. The molecule has 0 radical (unpaired) electrons. The van der Waals surface area contributed by atoms with Gasteiger partial charge in [0, 0.05) is 29.9 Å². The van der Waals surface area contributed by atoms with Crippen LogP contribution in [-0.4, -0.2) is 27.2 Å². The van der Waals surface area contributed by atoms with Crippen LogP contribution < -0.4 is 11.1 Å². The van der Waals surface area contributed by atoms with Crippen molar-refractivity contribution in [2.45, 2.75) is 116 Å². The minimum Gasteiger partial charge on any atom is -0.351 e. The number of hydrogen-bond donors (Lipinski definition) is 2. The number of carbonyl (C=O) groups excluding carboxylic acids is 1. The molecule has 7 heteroatoms. The Bertz CT molecular complexity index is 1420. The Hall–Kier alpha value is -3.09. The summed E-state index contributed by atoms with van der Waals surface area (Å²) in [7, 11) is 0. The molecule has 216 valence electrons. The Kier molecular flexibility index (Phi) is 7.38. The molecular formula is C33H46N4O3. The van der Waals surface area contributed by atoms with Gasteiger partial charge in [-0.3, -0.25) is 14.3 Å². The summed E-state index contributed by atoms with van der Waals surface area (Å²) >= 11 is 0. The molecule has 40 heavy (non-hydrogen) atoms. The molecule has 5 rings (SSSR count). The summed E-state index contributed by atoms with van der Waals surface area (Å²) in [5.41, 5.74) is 6.48. The number of H-pyrrole nitrogens is 1. The van der Waals surface area contributed by atoms with Gasteiger partial charge in [0.2, 0.25) is 0 Å². The lowest BCUT2D eigenvalue weighted by Crippen LogP contribution is -2.37. The highest BCUT2D eigenvalue weighted by molar-refractivity contribution is 5.97. The summed E-state index contributed by atoms with van der Waals surface area (Å²) < 4.78 is 7.10. The minimum atomic E-state index is -0.591. The molecule has 0 unspecified atom stereocenters. The molecule has 2 saturated carbocycles. The number of aromatic amines is 1. The third-order valence-electron chi connectivity index (χ3n) is 9.34. The van der Waals surface area contributed by atoms with Crippen molar-refractivity contribution in [1.82, 2.24) is 20.0 Å². The van der Waals surface area contributed by atoms with E-state index in [4.69, 9.17) is 4.52 Å². The van der Waals surface area contributed by atoms with Gasteiger partial charge >= 0.3 is 5.76 Å². The zero-order valence-corrected chi connectivity index (χ0v) is 25.4. The number of benzene rings is 1. The van der Waals surface area contributed by atoms with Gasteiger partial charge in [-0.15, -0.1) is 0 Å². The molecule has 0 saturated heterocycles. The minimum absolute atomic E-state index is 0.0275. The van der Waals surface area contributed by atoms with E-state index < -0.39 is 11.2 Å². The van der Waals surface area contributed by atoms with Crippen molar-refractivity contribution in [1.29, 1.82) is 0 Å². The highest BCUT2D eigenvalue weighted by Gasteiger charge is 2.40. The largest absolute Gasteiger partial charge is 0.438 e. The van der Waals surface area contributed by atoms with Gasteiger partial charge in [0.15, 0.2) is 5.82 Å². The van der Waals surface area contributed by atoms with E-state index in [1.807, 2.05) is 13.8 Å². The van der Waals surface area contributed by atoms with Crippen LogP contribution >= 0.6 is 0 Å². The van der Waals surface area contributed by atoms with Gasteiger partial charge in [-0.1, -0.05) is 72.0 Å². The predicted octanol–water partition coefficient (Wildman–Crippen LogP) is 6.78. The molecule has 0 aliphatic heterocycles. The number of nitrogens with zero attached hydrogens (tertiary/aromatic N) is 2. The monoisotopic (exact) mass is 546 g/mol. The Morgan fingerprint density at radius 1 is 1.10 bits per heavy atom. The smallest absolute Gasteiger partial charge is 0.351 e. The van der Waals surface area contributed by atoms with Crippen LogP contribution in [0.4, 0.5) is 0 Å². The fourth-order valence-corrected chi connectivity index (χ4v) is 6.01. The summed E-state index contributed by atoms with van der Waals surface area (Å²) in [6, 6.07) is 9.22. The first-order valence-electron chi connectivity index (χ1n) is 15.0. The number of carbonyl (C=O) groups is 1. The first-order valence-corrected chi connectivity index (χ1v) is 15.0. The van der Waals surface area contributed by atoms with E-state index in [-0.39, 0.29) is 16.7 Å². The van der Waals surface area contributed by atoms with Crippen molar-refractivity contribution in [2.75, 3.05) is 6.54 Å². The fourth-order valence-electron chi connectivity index (χ4n) is 6.01. The van der Waals surface area contributed by atoms with Crippen LogP contribution in [0, 0.1) is 12.8 Å². The van der Waals surface area contributed by atoms with Crippen LogP contribution in [-0.2, 0) is 22.8 Å². The standard InChI is InChI=1S/C33H46N4O3/c1-21-26(28(38)34-20-32(5,6)29-35-30(39)40-36-29)18-27(37(21)19-22-11-9-8-10-12-22)23-15-24(31(2,3)4)17-25(16-23)33(7)13-14-33/h15-18,22H,8-14,19-20H2,1-7H3,(H,34,38)(H,35,36,39). The molecular weight excluding hydrogens is 500 g/mol. The summed E-state index contributed by atoms with van der Waals surface area (Å²) in [5, 5.41) is 6.95. The van der Waals surface area contributed by atoms with Gasteiger partial charge in [-0.05, 0) is 84.2 Å². The lowest BCUT2D eigenvalue weighted by molar-refractivity contribution is 0.0944. The molecule has 2 N–H and O–H groups in total. The molecule has 2 heterocycles. The second-order valence-electron chi connectivity index (χ2n) is 14.3. The average molecular weight is 547 g/mol. The zero-order valence-electron chi connectivity index (χ0n) is 25.4. The molecule has 3 aromatic rings. The summed E-state index contributed by atoms with van der Waals surface area (Å²) in [4.78, 5) is 27.8. The molecule has 0 bridgehead atoms. The second kappa shape index (κ2) is 10.4. The quantitative estimate of drug-likeness (QED) is 0.326. The van der Waals surface area contributed by atoms with Crippen LogP contribution in [0.3, 0.4) is 0 Å². The lowest BCUT2D eigenvalue weighted by atomic mass is 9.82. The van der Waals surface area contributed by atoms with E-state index in [0.29, 0.717) is 23.9 Å². The fraction of sp³-hybridized carbons (Fsp3) is 0.606. The van der Waals surface area contributed by atoms with Gasteiger partial charge in [0.25, 0.3) is 5.91 Å². The van der Waals surface area contributed by atoms with Gasteiger partial charge in [-0.25, -0.2) is 4.79 Å². The predicted molar refractivity (Wildman–Crippen MR) is 159 cm³/mol. The van der Waals surface area contributed by atoms with Crippen LogP contribution in [0.15, 0.2) is 33.6 Å². The van der Waals surface area contributed by atoms with Crippen molar-refractivity contribution in [3.8, 4) is 11.3 Å². The van der Waals surface area contributed by atoms with Gasteiger partial charge in [-0.2, -0.15) is 0 Å². The molecule has 0 spiro atoms. The van der Waals surface area contributed by atoms with Crippen molar-refractivity contribution in [3.63, 3.8) is 0 Å². The average Bonchev–Trinajstić information content (AvgIpc) is 3.36. The maximum atomic E-state index is 13.7. The molecule has 1 amide bonds. The molecule has 7 nitrogen and oxygen atoms in total. The zero-order chi connectivity index (χ0) is 28.9. The van der Waals surface area contributed by atoms with Crippen LogP contribution in [0.25, 0.3) is 11.3 Å². The first kappa shape index (κ1) is 28.4. The van der Waals surface area contributed by atoms with Crippen molar-refractivity contribution in [3.05, 3.63) is 63.0 Å². The van der Waals surface area contributed by atoms with E-state index in [9.17, 15) is 9.59 Å². The number of hydrogen-bond acceptors (Lipinski definition) is 4. The van der Waals surface area contributed by atoms with Crippen LogP contribution in [0.5, 0.6) is 0 Å². The third-order valence-corrected chi connectivity index (χ3v) is 9.34. The summed E-state index contributed by atoms with van der Waals surface area (Å²) in [6.45, 7) is 16.4. The van der Waals surface area contributed by atoms with Crippen molar-refractivity contribution >= 4 is 5.91 Å². The Morgan fingerprint density at radius 2 is 1.80 bits per heavy atom. The number of rotatable bonds is 8. The number of aromatic nitrogens is 3. The summed E-state index contributed by atoms with van der Waals surface area (Å²) in [5.74, 6) is 0.349. The van der Waals surface area contributed by atoms with Gasteiger partial charge < -0.3 is 9.88 Å². The molecule has 1 aromatic carbocycles. The third kappa shape index (κ3) is 5.84. The van der Waals surface area contributed by atoms with Gasteiger partial charge in [0.05, 0.1) is 5.56 Å². The Balaban J connectivity index is 1.52. The number of nitrogens with one attached hydrogen (secondary N) is 2. The SMILES string of the molecule is Cc1c(C(=O)NCC(C)(C)c2noc(=O)[nH]2)cc(-c2cc(C(C)(C)C)cc(C3(C)CC3)c2)n1CC1CCCCC1. The highest BCUT2D eigenvalue weighted by atomic mass is 16.5. The Labute approximate surface area is 238 Å². The highest BCUT2D eigenvalue weighted by Crippen LogP contribution is 2.49. The second-order valence-corrected chi connectivity index (χ2v) is 14.3. The van der Waals surface area contributed by atoms with E-state index in [1.165, 1.54) is 61.6 Å². The normalized spacial score (nSPS) is 17.7. The van der Waals surface area contributed by atoms with E-state index in [0.717, 1.165) is 17.9 Å². The summed E-state index contributed by atoms with van der Waals surface area (Å²) in [6.07, 6.45) is 8.83. The lowest BCUT2D eigenvalue weighted by Gasteiger charge is -2.26. The van der Waals surface area contributed by atoms with Crippen LogP contribution in [0.2, 0.25) is 0 Å². The van der Waals surface area contributed by atoms with Gasteiger partial charge in [0.1, 0.15) is 0 Å². The molecule has 2 aliphatic rings. The van der Waals surface area contributed by atoms with Crippen molar-refractivity contribution in [2.24, 2.45) is 5.92 Å². The maximum Gasteiger partial charge on any atom is 0.438 e. The first-order chi connectivity index (χ1) is 18.8. The van der Waals surface area contributed by atoms with Crippen LogP contribution in [0.1, 0.15) is 119 Å². The molecule has 0 atom stereocenters.